The highest BCUT2D eigenvalue weighted by Gasteiger charge is 2.42. The van der Waals surface area contributed by atoms with Gasteiger partial charge in [-0.2, -0.15) is 0 Å². The Morgan fingerprint density at radius 2 is 1.04 bits per heavy atom. The van der Waals surface area contributed by atoms with E-state index in [4.69, 9.17) is 0 Å². The maximum atomic E-state index is 2.56. The van der Waals surface area contributed by atoms with Gasteiger partial charge >= 0.3 is 0 Å². The van der Waals surface area contributed by atoms with Crippen LogP contribution in [0.5, 0.6) is 0 Å². The Morgan fingerprint density at radius 1 is 0.411 bits per heavy atom. The van der Waals surface area contributed by atoms with Gasteiger partial charge in [-0.3, -0.25) is 0 Å². The summed E-state index contributed by atoms with van der Waals surface area (Å²) < 4.78 is 0. The monoisotopic (exact) mass is 721 g/mol. The molecule has 0 aliphatic heterocycles. The van der Waals surface area contributed by atoms with E-state index >= 15 is 0 Å². The minimum absolute atomic E-state index is 0.0443. The van der Waals surface area contributed by atoms with Crippen LogP contribution in [0.4, 0.5) is 17.1 Å². The van der Waals surface area contributed by atoms with Gasteiger partial charge in [0.05, 0.1) is 5.69 Å². The second-order valence-electron chi connectivity index (χ2n) is 18.4. The van der Waals surface area contributed by atoms with Gasteiger partial charge in [0, 0.05) is 22.2 Å². The average Bonchev–Trinajstić information content (AvgIpc) is 3.66. The number of fused-ring (bicyclic) bond motifs is 8. The predicted octanol–water partition coefficient (Wildman–Crippen LogP) is 15.4. The van der Waals surface area contributed by atoms with Crippen LogP contribution < -0.4 is 4.90 Å². The number of hydrogen-bond donors (Lipinski definition) is 0. The van der Waals surface area contributed by atoms with E-state index in [0.717, 1.165) is 5.69 Å². The van der Waals surface area contributed by atoms with Crippen LogP contribution in [0.2, 0.25) is 0 Å². The van der Waals surface area contributed by atoms with E-state index in [1.54, 1.807) is 0 Å². The number of benzene rings is 8. The lowest BCUT2D eigenvalue weighted by molar-refractivity contribution is 0.333. The highest BCUT2D eigenvalue weighted by molar-refractivity contribution is 6.19. The molecule has 1 nitrogen and oxygen atoms in total. The molecule has 8 aromatic carbocycles. The van der Waals surface area contributed by atoms with Gasteiger partial charge in [0.15, 0.2) is 0 Å². The zero-order chi connectivity index (χ0) is 38.1. The maximum absolute atomic E-state index is 2.56. The third-order valence-electron chi connectivity index (χ3n) is 13.8. The van der Waals surface area contributed by atoms with Crippen LogP contribution in [0.1, 0.15) is 76.6 Å². The van der Waals surface area contributed by atoms with Crippen LogP contribution >= 0.6 is 0 Å². The van der Waals surface area contributed by atoms with Gasteiger partial charge in [-0.1, -0.05) is 163 Å². The molecule has 0 amide bonds. The molecule has 0 saturated heterocycles. The van der Waals surface area contributed by atoms with Crippen LogP contribution in [0, 0.1) is 0 Å². The van der Waals surface area contributed by atoms with Gasteiger partial charge in [-0.15, -0.1) is 0 Å². The maximum Gasteiger partial charge on any atom is 0.0540 e. The van der Waals surface area contributed by atoms with Crippen molar-refractivity contribution >= 4 is 38.6 Å². The van der Waals surface area contributed by atoms with Crippen LogP contribution in [0.3, 0.4) is 0 Å². The Hall–Kier alpha value is -5.92. The Kier molecular flexibility index (Phi) is 6.90. The molecule has 0 bridgehead atoms. The third-order valence-corrected chi connectivity index (χ3v) is 13.8. The van der Waals surface area contributed by atoms with Crippen LogP contribution in [-0.2, 0) is 16.2 Å². The largest absolute Gasteiger partial charge is 0.310 e. The second kappa shape index (κ2) is 11.6. The van der Waals surface area contributed by atoms with Crippen molar-refractivity contribution in [3.63, 3.8) is 0 Å². The predicted molar refractivity (Wildman–Crippen MR) is 239 cm³/mol. The van der Waals surface area contributed by atoms with Crippen molar-refractivity contribution in [1.29, 1.82) is 0 Å². The topological polar surface area (TPSA) is 3.24 Å². The fourth-order valence-corrected chi connectivity index (χ4v) is 10.8. The molecule has 0 atom stereocenters. The lowest BCUT2D eigenvalue weighted by atomic mass is 9.61. The van der Waals surface area contributed by atoms with Gasteiger partial charge in [0.1, 0.15) is 0 Å². The summed E-state index contributed by atoms with van der Waals surface area (Å²) in [7, 11) is 0. The minimum Gasteiger partial charge on any atom is -0.310 e. The summed E-state index contributed by atoms with van der Waals surface area (Å²) in [4.78, 5) is 2.56. The zero-order valence-electron chi connectivity index (χ0n) is 33.3. The Balaban J connectivity index is 1.25. The van der Waals surface area contributed by atoms with Crippen molar-refractivity contribution in [2.45, 2.75) is 70.6 Å². The molecule has 0 saturated carbocycles. The first kappa shape index (κ1) is 33.4. The molecule has 0 N–H and O–H groups in total. The summed E-state index contributed by atoms with van der Waals surface area (Å²) in [6, 6.07) is 57.7. The van der Waals surface area contributed by atoms with Gasteiger partial charge in [-0.25, -0.2) is 0 Å². The van der Waals surface area contributed by atoms with E-state index in [-0.39, 0.29) is 16.2 Å². The smallest absolute Gasteiger partial charge is 0.0540 e. The molecule has 11 rings (SSSR count). The quantitative estimate of drug-likeness (QED) is 0.175. The molecule has 3 aliphatic rings. The lowest BCUT2D eigenvalue weighted by Gasteiger charge is -2.43. The highest BCUT2D eigenvalue weighted by Crippen LogP contribution is 2.58. The molecule has 272 valence electrons. The van der Waals surface area contributed by atoms with E-state index < -0.39 is 0 Å². The first-order chi connectivity index (χ1) is 27.0. The highest BCUT2D eigenvalue weighted by atomic mass is 15.1. The minimum atomic E-state index is -0.182. The van der Waals surface area contributed by atoms with Gasteiger partial charge in [0.2, 0.25) is 0 Å². The summed E-state index contributed by atoms with van der Waals surface area (Å²) in [5, 5.41) is 5.10. The molecule has 1 heteroatoms. The van der Waals surface area contributed by atoms with Gasteiger partial charge in [0.25, 0.3) is 0 Å². The van der Waals surface area contributed by atoms with E-state index in [1.165, 1.54) is 113 Å². The first-order valence-corrected chi connectivity index (χ1v) is 20.4. The summed E-state index contributed by atoms with van der Waals surface area (Å²) in [5.74, 6) is 0. The molecule has 0 aromatic heterocycles. The van der Waals surface area contributed by atoms with Gasteiger partial charge < -0.3 is 4.90 Å². The first-order valence-electron chi connectivity index (χ1n) is 20.4. The molecule has 0 heterocycles. The Bertz CT molecular complexity index is 2930. The molecular weight excluding hydrogens is 675 g/mol. The molecule has 56 heavy (non-hydrogen) atoms. The lowest BCUT2D eigenvalue weighted by Crippen LogP contribution is -2.34. The van der Waals surface area contributed by atoms with Crippen molar-refractivity contribution < 1.29 is 0 Å². The van der Waals surface area contributed by atoms with E-state index in [1.807, 2.05) is 0 Å². The summed E-state index contributed by atoms with van der Waals surface area (Å²) >= 11 is 0. The van der Waals surface area contributed by atoms with Gasteiger partial charge in [-0.05, 0) is 137 Å². The molecular formula is C55H47N. The Morgan fingerprint density at radius 3 is 1.84 bits per heavy atom. The van der Waals surface area contributed by atoms with Crippen molar-refractivity contribution in [2.24, 2.45) is 0 Å². The Labute approximate surface area is 331 Å². The molecule has 0 fully saturated rings. The molecule has 8 aromatic rings. The second-order valence-corrected chi connectivity index (χ2v) is 18.4. The summed E-state index contributed by atoms with van der Waals surface area (Å²) in [5.41, 5.74) is 20.1. The molecule has 0 spiro atoms. The fourth-order valence-electron chi connectivity index (χ4n) is 10.8. The zero-order valence-corrected chi connectivity index (χ0v) is 33.3. The summed E-state index contributed by atoms with van der Waals surface area (Å²) in [6.07, 6.45) is 2.36. The van der Waals surface area contributed by atoms with E-state index in [0.29, 0.717) is 0 Å². The molecule has 0 radical (unpaired) electrons. The van der Waals surface area contributed by atoms with Crippen molar-refractivity contribution in [1.82, 2.24) is 0 Å². The molecule has 0 unspecified atom stereocenters. The SMILES string of the molecule is CC1(C)CCC(C)(C)c2c(-c3cc(N(c4ccc5ccccc5c4)c4ccc5c6c(cccc46)-c4ccccc4-5)cc4c3-c3ccccc3C4(C)C)cccc21. The number of anilines is 3. The van der Waals surface area contributed by atoms with E-state index in [2.05, 4.69) is 198 Å². The van der Waals surface area contributed by atoms with Crippen LogP contribution in [0.15, 0.2) is 152 Å². The molecule has 3 aliphatic carbocycles. The van der Waals surface area contributed by atoms with Crippen LogP contribution in [-0.4, -0.2) is 0 Å². The fraction of sp³-hybridized carbons (Fsp3) is 0.200. The van der Waals surface area contributed by atoms with Crippen molar-refractivity contribution in [3.05, 3.63) is 174 Å². The number of nitrogens with zero attached hydrogens (tertiary/aromatic N) is 1. The third kappa shape index (κ3) is 4.61. The number of hydrogen-bond acceptors (Lipinski definition) is 1. The van der Waals surface area contributed by atoms with Crippen molar-refractivity contribution in [3.8, 4) is 44.5 Å². The average molecular weight is 722 g/mol. The normalized spacial score (nSPS) is 16.3. The summed E-state index contributed by atoms with van der Waals surface area (Å²) in [6.45, 7) is 14.7. The van der Waals surface area contributed by atoms with E-state index in [9.17, 15) is 0 Å². The van der Waals surface area contributed by atoms with Crippen molar-refractivity contribution in [2.75, 3.05) is 4.90 Å². The number of rotatable bonds is 4. The standard InChI is InChI=1S/C55H47N/c1-53(2)29-30-54(3,4)52-42(21-14-24-47(52)53)45-32-37(33-48-51(45)43-19-11-12-23-46(43)55(48,5)6)56(36-26-25-34-15-7-8-16-35(34)31-36)49-28-27-41-39-18-10-9-17-38(39)40-20-13-22-44(49)50(40)41/h7-28,31-33H,29-30H2,1-6H3. The van der Waals surface area contributed by atoms with Crippen LogP contribution in [0.25, 0.3) is 66.1 Å².